The van der Waals surface area contributed by atoms with Gasteiger partial charge in [0, 0.05) is 12.8 Å². The quantitative estimate of drug-likeness (QED) is 0.240. The molecule has 0 saturated carbocycles. The van der Waals surface area contributed by atoms with Gasteiger partial charge in [-0.1, -0.05) is 13.8 Å². The Labute approximate surface area is 92.8 Å². The molecule has 0 radical (unpaired) electrons. The Kier molecular flexibility index (Phi) is 7.15. The average molecular weight is 230 g/mol. The summed E-state index contributed by atoms with van der Waals surface area (Å²) in [4.78, 5) is 52.1. The van der Waals surface area contributed by atoms with E-state index in [1.165, 1.54) is 0 Å². The molecule has 0 aliphatic rings. The van der Waals surface area contributed by atoms with Gasteiger partial charge in [-0.3, -0.25) is 19.2 Å². The highest BCUT2D eigenvalue weighted by atomic mass is 17.2. The molecule has 90 valence electrons. The highest BCUT2D eigenvalue weighted by Crippen LogP contribution is 1.89. The third-order valence-electron chi connectivity index (χ3n) is 1.73. The maximum Gasteiger partial charge on any atom is 0.227 e. The van der Waals surface area contributed by atoms with Gasteiger partial charge in [-0.15, -0.1) is 0 Å². The average Bonchev–Trinajstić information content (AvgIpc) is 2.31. The Morgan fingerprint density at radius 1 is 0.688 bits per heavy atom. The number of carbonyl (C=O) groups excluding carboxylic acids is 4. The van der Waals surface area contributed by atoms with E-state index in [-0.39, 0.29) is 12.8 Å². The first-order valence-electron chi connectivity index (χ1n) is 4.89. The van der Waals surface area contributed by atoms with E-state index in [4.69, 9.17) is 0 Å². The fourth-order valence-corrected chi connectivity index (χ4v) is 0.746. The largest absolute Gasteiger partial charge is 0.291 e. The Morgan fingerprint density at radius 2 is 1.00 bits per heavy atom. The second-order valence-electron chi connectivity index (χ2n) is 2.92. The number of Topliss-reactive ketones (excluding diaryl/α,β-unsaturated/α-hetero) is 4. The van der Waals surface area contributed by atoms with Gasteiger partial charge in [-0.25, -0.2) is 9.78 Å². The summed E-state index contributed by atoms with van der Waals surface area (Å²) in [6, 6.07) is 0. The molecule has 0 spiro atoms. The number of hydrogen-bond acceptors (Lipinski definition) is 6. The van der Waals surface area contributed by atoms with Crippen molar-refractivity contribution in [1.82, 2.24) is 0 Å². The lowest BCUT2D eigenvalue weighted by Crippen LogP contribution is -2.22. The van der Waals surface area contributed by atoms with Crippen LogP contribution in [0.1, 0.15) is 26.7 Å². The van der Waals surface area contributed by atoms with Crippen LogP contribution >= 0.6 is 0 Å². The summed E-state index contributed by atoms with van der Waals surface area (Å²) in [5, 5.41) is 0. The fraction of sp³-hybridized carbons (Fsp3) is 0.600. The number of hydrogen-bond donors (Lipinski definition) is 0. The SMILES string of the molecule is CCC(=O)C(=O)COOCC(=O)C(=O)CC. The third kappa shape index (κ3) is 5.47. The fourth-order valence-electron chi connectivity index (χ4n) is 0.746. The van der Waals surface area contributed by atoms with Crippen molar-refractivity contribution in [2.24, 2.45) is 0 Å². The molecule has 6 heteroatoms. The molecule has 0 saturated heterocycles. The van der Waals surface area contributed by atoms with Crippen molar-refractivity contribution in [3.05, 3.63) is 0 Å². The first kappa shape index (κ1) is 14.6. The Hall–Kier alpha value is -1.40. The second kappa shape index (κ2) is 7.84. The summed E-state index contributed by atoms with van der Waals surface area (Å²) in [5.41, 5.74) is 0. The monoisotopic (exact) mass is 230 g/mol. The van der Waals surface area contributed by atoms with Crippen LogP contribution in [0.25, 0.3) is 0 Å². The molecule has 0 aliphatic carbocycles. The molecule has 0 amide bonds. The topological polar surface area (TPSA) is 86.7 Å². The molecule has 0 rings (SSSR count). The van der Waals surface area contributed by atoms with Gasteiger partial charge in [-0.2, -0.15) is 0 Å². The van der Waals surface area contributed by atoms with Gasteiger partial charge in [0.05, 0.1) is 0 Å². The van der Waals surface area contributed by atoms with Crippen molar-refractivity contribution in [2.45, 2.75) is 26.7 Å². The first-order chi connectivity index (χ1) is 7.52. The van der Waals surface area contributed by atoms with Gasteiger partial charge in [-0.05, 0) is 0 Å². The smallest absolute Gasteiger partial charge is 0.227 e. The Balaban J connectivity index is 3.69. The molecule has 0 aliphatic heterocycles. The number of rotatable bonds is 9. The van der Waals surface area contributed by atoms with E-state index in [0.717, 1.165) is 0 Å². The van der Waals surface area contributed by atoms with Crippen LogP contribution in [0.3, 0.4) is 0 Å². The maximum absolute atomic E-state index is 10.9. The van der Waals surface area contributed by atoms with Crippen LogP contribution in [0, 0.1) is 0 Å². The lowest BCUT2D eigenvalue weighted by Gasteiger charge is -2.01. The van der Waals surface area contributed by atoms with Crippen LogP contribution in [-0.4, -0.2) is 36.3 Å². The molecule has 0 bridgehead atoms. The van der Waals surface area contributed by atoms with E-state index in [0.29, 0.717) is 0 Å². The number of ketones is 4. The molecule has 0 aromatic rings. The summed E-state index contributed by atoms with van der Waals surface area (Å²) in [6.45, 7) is 2.01. The molecule has 0 atom stereocenters. The predicted octanol–water partition coefficient (Wildman–Crippen LogP) is 0.0310. The van der Waals surface area contributed by atoms with Crippen molar-refractivity contribution in [1.29, 1.82) is 0 Å². The standard InChI is InChI=1S/C10H14O6/c1-3-7(11)9(13)5-15-16-6-10(14)8(12)4-2/h3-6H2,1-2H3. The molecule has 16 heavy (non-hydrogen) atoms. The van der Waals surface area contributed by atoms with Crippen molar-refractivity contribution in [3.63, 3.8) is 0 Å². The molecule has 0 N–H and O–H groups in total. The summed E-state index contributed by atoms with van der Waals surface area (Å²) in [6.07, 6.45) is 0.185. The normalized spacial score (nSPS) is 9.88. The zero-order chi connectivity index (χ0) is 12.6. The van der Waals surface area contributed by atoms with Crippen molar-refractivity contribution < 1.29 is 29.0 Å². The first-order valence-corrected chi connectivity index (χ1v) is 4.89. The minimum absolute atomic E-state index is 0.0927. The van der Waals surface area contributed by atoms with Crippen molar-refractivity contribution in [2.75, 3.05) is 13.2 Å². The van der Waals surface area contributed by atoms with E-state index in [9.17, 15) is 19.2 Å². The van der Waals surface area contributed by atoms with Crippen molar-refractivity contribution >= 4 is 23.1 Å². The van der Waals surface area contributed by atoms with Gasteiger partial charge in [0.2, 0.25) is 23.1 Å². The predicted molar refractivity (Wildman–Crippen MR) is 52.5 cm³/mol. The molecule has 0 unspecified atom stereocenters. The lowest BCUT2D eigenvalue weighted by atomic mass is 10.2. The Bertz CT molecular complexity index is 264. The molecule has 0 heterocycles. The molecule has 6 nitrogen and oxygen atoms in total. The molecular formula is C10H14O6. The van der Waals surface area contributed by atoms with Gasteiger partial charge in [0.15, 0.2) is 0 Å². The lowest BCUT2D eigenvalue weighted by molar-refractivity contribution is -0.282. The summed E-state index contributed by atoms with van der Waals surface area (Å²) in [7, 11) is 0. The van der Waals surface area contributed by atoms with Crippen LogP contribution in [0.5, 0.6) is 0 Å². The number of carbonyl (C=O) groups is 4. The van der Waals surface area contributed by atoms with Gasteiger partial charge < -0.3 is 0 Å². The van der Waals surface area contributed by atoms with Crippen LogP contribution in [0.15, 0.2) is 0 Å². The van der Waals surface area contributed by atoms with Crippen LogP contribution in [0.2, 0.25) is 0 Å². The van der Waals surface area contributed by atoms with E-state index in [1.54, 1.807) is 13.8 Å². The van der Waals surface area contributed by atoms with E-state index in [1.807, 2.05) is 0 Å². The second-order valence-corrected chi connectivity index (χ2v) is 2.92. The molecular weight excluding hydrogens is 216 g/mol. The molecule has 0 aromatic carbocycles. The summed E-state index contributed by atoms with van der Waals surface area (Å²) < 4.78 is 0. The van der Waals surface area contributed by atoms with Crippen LogP contribution < -0.4 is 0 Å². The minimum Gasteiger partial charge on any atom is -0.291 e. The van der Waals surface area contributed by atoms with E-state index in [2.05, 4.69) is 9.78 Å². The maximum atomic E-state index is 10.9. The van der Waals surface area contributed by atoms with Crippen LogP contribution in [-0.2, 0) is 29.0 Å². The van der Waals surface area contributed by atoms with E-state index < -0.39 is 36.3 Å². The Morgan fingerprint density at radius 3 is 1.25 bits per heavy atom. The third-order valence-corrected chi connectivity index (χ3v) is 1.73. The zero-order valence-corrected chi connectivity index (χ0v) is 9.28. The summed E-state index contributed by atoms with van der Waals surface area (Å²) in [5.74, 6) is -2.59. The van der Waals surface area contributed by atoms with Gasteiger partial charge >= 0.3 is 0 Å². The zero-order valence-electron chi connectivity index (χ0n) is 9.28. The van der Waals surface area contributed by atoms with Crippen LogP contribution in [0.4, 0.5) is 0 Å². The highest BCUT2D eigenvalue weighted by Gasteiger charge is 2.14. The van der Waals surface area contributed by atoms with Gasteiger partial charge in [0.25, 0.3) is 0 Å². The molecule has 0 fully saturated rings. The van der Waals surface area contributed by atoms with E-state index >= 15 is 0 Å². The summed E-state index contributed by atoms with van der Waals surface area (Å²) >= 11 is 0. The molecule has 0 aromatic heterocycles. The van der Waals surface area contributed by atoms with Gasteiger partial charge in [0.1, 0.15) is 13.2 Å². The van der Waals surface area contributed by atoms with Crippen molar-refractivity contribution in [3.8, 4) is 0 Å². The highest BCUT2D eigenvalue weighted by molar-refractivity contribution is 6.38. The minimum atomic E-state index is -0.725.